The van der Waals surface area contributed by atoms with Crippen LogP contribution in [-0.2, 0) is 6.54 Å². The molecule has 0 aromatic heterocycles. The standard InChI is InChI=1S/C15H24N2O/c1-3-5-14-11-16-8-9-17(14)12-13-6-4-7-15(10-13)18-2/h4,6-7,10,14,16H,3,5,8-9,11-12H2,1-2H3. The van der Waals surface area contributed by atoms with E-state index in [1.165, 1.54) is 18.4 Å². The first-order chi connectivity index (χ1) is 8.83. The molecular formula is C15H24N2O. The van der Waals surface area contributed by atoms with E-state index < -0.39 is 0 Å². The molecule has 1 saturated heterocycles. The fraction of sp³-hybridized carbons (Fsp3) is 0.600. The van der Waals surface area contributed by atoms with Gasteiger partial charge in [0.25, 0.3) is 0 Å². The molecular weight excluding hydrogens is 224 g/mol. The number of nitrogens with one attached hydrogen (secondary N) is 1. The van der Waals surface area contributed by atoms with E-state index in [2.05, 4.69) is 35.3 Å². The Morgan fingerprint density at radius 1 is 1.44 bits per heavy atom. The van der Waals surface area contributed by atoms with Gasteiger partial charge in [-0.3, -0.25) is 4.90 Å². The summed E-state index contributed by atoms with van der Waals surface area (Å²) in [6, 6.07) is 9.09. The number of piperazine rings is 1. The number of benzene rings is 1. The summed E-state index contributed by atoms with van der Waals surface area (Å²) in [5.74, 6) is 0.953. The Kier molecular flexibility index (Phi) is 5.02. The van der Waals surface area contributed by atoms with Crippen LogP contribution < -0.4 is 10.1 Å². The summed E-state index contributed by atoms with van der Waals surface area (Å²) >= 11 is 0. The van der Waals surface area contributed by atoms with E-state index in [0.29, 0.717) is 6.04 Å². The van der Waals surface area contributed by atoms with Crippen LogP contribution in [0.5, 0.6) is 5.75 Å². The van der Waals surface area contributed by atoms with E-state index >= 15 is 0 Å². The molecule has 0 spiro atoms. The van der Waals surface area contributed by atoms with Crippen LogP contribution >= 0.6 is 0 Å². The van der Waals surface area contributed by atoms with Crippen LogP contribution in [0.15, 0.2) is 24.3 Å². The Morgan fingerprint density at radius 2 is 2.33 bits per heavy atom. The Bertz CT molecular complexity index is 365. The minimum absolute atomic E-state index is 0.676. The maximum atomic E-state index is 5.29. The molecule has 1 fully saturated rings. The lowest BCUT2D eigenvalue weighted by Gasteiger charge is -2.36. The van der Waals surface area contributed by atoms with Gasteiger partial charge in [-0.15, -0.1) is 0 Å². The van der Waals surface area contributed by atoms with E-state index in [-0.39, 0.29) is 0 Å². The highest BCUT2D eigenvalue weighted by molar-refractivity contribution is 5.28. The van der Waals surface area contributed by atoms with Crippen LogP contribution in [0.2, 0.25) is 0 Å². The monoisotopic (exact) mass is 248 g/mol. The Balaban J connectivity index is 2.01. The van der Waals surface area contributed by atoms with E-state index in [9.17, 15) is 0 Å². The van der Waals surface area contributed by atoms with Crippen LogP contribution in [0.25, 0.3) is 0 Å². The van der Waals surface area contributed by atoms with E-state index in [1.54, 1.807) is 7.11 Å². The van der Waals surface area contributed by atoms with Gasteiger partial charge in [-0.2, -0.15) is 0 Å². The Labute approximate surface area is 110 Å². The Morgan fingerprint density at radius 3 is 3.11 bits per heavy atom. The number of ether oxygens (including phenoxy) is 1. The highest BCUT2D eigenvalue weighted by Crippen LogP contribution is 2.17. The van der Waals surface area contributed by atoms with Gasteiger partial charge in [-0.05, 0) is 24.1 Å². The molecule has 0 aliphatic carbocycles. The molecule has 1 unspecified atom stereocenters. The molecule has 3 nitrogen and oxygen atoms in total. The highest BCUT2D eigenvalue weighted by Gasteiger charge is 2.21. The molecule has 2 rings (SSSR count). The molecule has 1 heterocycles. The third-order valence-electron chi connectivity index (χ3n) is 3.61. The number of nitrogens with zero attached hydrogens (tertiary/aromatic N) is 1. The summed E-state index contributed by atoms with van der Waals surface area (Å²) in [5, 5.41) is 3.49. The van der Waals surface area contributed by atoms with Crippen LogP contribution in [0.4, 0.5) is 0 Å². The van der Waals surface area contributed by atoms with Crippen LogP contribution in [0, 0.1) is 0 Å². The van der Waals surface area contributed by atoms with Gasteiger partial charge in [0.2, 0.25) is 0 Å². The molecule has 1 aromatic carbocycles. The SMILES string of the molecule is CCCC1CNCCN1Cc1cccc(OC)c1. The summed E-state index contributed by atoms with van der Waals surface area (Å²) in [6.07, 6.45) is 2.53. The lowest BCUT2D eigenvalue weighted by atomic mass is 10.1. The van der Waals surface area contributed by atoms with Crippen molar-refractivity contribution in [1.82, 2.24) is 10.2 Å². The Hall–Kier alpha value is -1.06. The molecule has 0 saturated carbocycles. The number of hydrogen-bond acceptors (Lipinski definition) is 3. The predicted molar refractivity (Wildman–Crippen MR) is 75.0 cm³/mol. The van der Waals surface area contributed by atoms with Crippen molar-refractivity contribution in [3.05, 3.63) is 29.8 Å². The fourth-order valence-corrected chi connectivity index (χ4v) is 2.63. The van der Waals surface area contributed by atoms with Crippen LogP contribution in [0.3, 0.4) is 0 Å². The van der Waals surface area contributed by atoms with Crippen molar-refractivity contribution in [3.63, 3.8) is 0 Å². The van der Waals surface area contributed by atoms with Gasteiger partial charge in [-0.1, -0.05) is 25.5 Å². The number of rotatable bonds is 5. The minimum Gasteiger partial charge on any atom is -0.497 e. The minimum atomic E-state index is 0.676. The van der Waals surface area contributed by atoms with E-state index in [1.807, 2.05) is 6.07 Å². The first kappa shape index (κ1) is 13.4. The summed E-state index contributed by atoms with van der Waals surface area (Å²) in [6.45, 7) is 6.66. The van der Waals surface area contributed by atoms with Crippen molar-refractivity contribution in [1.29, 1.82) is 0 Å². The molecule has 0 radical (unpaired) electrons. The summed E-state index contributed by atoms with van der Waals surface area (Å²) in [4.78, 5) is 2.59. The van der Waals surface area contributed by atoms with Crippen molar-refractivity contribution in [2.75, 3.05) is 26.7 Å². The van der Waals surface area contributed by atoms with E-state index in [0.717, 1.165) is 31.9 Å². The zero-order valence-corrected chi connectivity index (χ0v) is 11.5. The maximum absolute atomic E-state index is 5.29. The number of methoxy groups -OCH3 is 1. The zero-order chi connectivity index (χ0) is 12.8. The summed E-state index contributed by atoms with van der Waals surface area (Å²) in [7, 11) is 1.73. The normalized spacial score (nSPS) is 20.9. The van der Waals surface area contributed by atoms with Gasteiger partial charge in [0.05, 0.1) is 7.11 Å². The second-order valence-corrected chi connectivity index (χ2v) is 4.97. The molecule has 1 aromatic rings. The first-order valence-electron chi connectivity index (χ1n) is 6.91. The lowest BCUT2D eigenvalue weighted by molar-refractivity contribution is 0.144. The summed E-state index contributed by atoms with van der Waals surface area (Å²) in [5.41, 5.74) is 1.34. The van der Waals surface area contributed by atoms with E-state index in [4.69, 9.17) is 4.74 Å². The molecule has 100 valence electrons. The molecule has 0 amide bonds. The van der Waals surface area contributed by atoms with Gasteiger partial charge < -0.3 is 10.1 Å². The topological polar surface area (TPSA) is 24.5 Å². The van der Waals surface area contributed by atoms with Crippen molar-refractivity contribution in [2.45, 2.75) is 32.4 Å². The third-order valence-corrected chi connectivity index (χ3v) is 3.61. The maximum Gasteiger partial charge on any atom is 0.119 e. The second kappa shape index (κ2) is 6.76. The molecule has 3 heteroatoms. The molecule has 1 aliphatic rings. The largest absolute Gasteiger partial charge is 0.497 e. The molecule has 1 N–H and O–H groups in total. The average Bonchev–Trinajstić information content (AvgIpc) is 2.41. The lowest BCUT2D eigenvalue weighted by Crippen LogP contribution is -2.50. The fourth-order valence-electron chi connectivity index (χ4n) is 2.63. The quantitative estimate of drug-likeness (QED) is 0.865. The average molecular weight is 248 g/mol. The van der Waals surface area contributed by atoms with Crippen molar-refractivity contribution in [2.24, 2.45) is 0 Å². The molecule has 1 aliphatic heterocycles. The van der Waals surface area contributed by atoms with Gasteiger partial charge in [-0.25, -0.2) is 0 Å². The predicted octanol–water partition coefficient (Wildman–Crippen LogP) is 2.27. The third kappa shape index (κ3) is 3.47. The molecule has 0 bridgehead atoms. The highest BCUT2D eigenvalue weighted by atomic mass is 16.5. The zero-order valence-electron chi connectivity index (χ0n) is 11.5. The second-order valence-electron chi connectivity index (χ2n) is 4.97. The van der Waals surface area contributed by atoms with Crippen LogP contribution in [-0.4, -0.2) is 37.7 Å². The molecule has 1 atom stereocenters. The number of hydrogen-bond donors (Lipinski definition) is 1. The summed E-state index contributed by atoms with van der Waals surface area (Å²) < 4.78 is 5.29. The van der Waals surface area contributed by atoms with Gasteiger partial charge in [0, 0.05) is 32.2 Å². The first-order valence-corrected chi connectivity index (χ1v) is 6.91. The molecule has 18 heavy (non-hydrogen) atoms. The van der Waals surface area contributed by atoms with Gasteiger partial charge >= 0.3 is 0 Å². The van der Waals surface area contributed by atoms with Crippen molar-refractivity contribution < 1.29 is 4.74 Å². The van der Waals surface area contributed by atoms with Crippen LogP contribution in [0.1, 0.15) is 25.3 Å². The van der Waals surface area contributed by atoms with Crippen molar-refractivity contribution >= 4 is 0 Å². The van der Waals surface area contributed by atoms with Gasteiger partial charge in [0.15, 0.2) is 0 Å². The smallest absolute Gasteiger partial charge is 0.119 e. The van der Waals surface area contributed by atoms with Crippen molar-refractivity contribution in [3.8, 4) is 5.75 Å². The van der Waals surface area contributed by atoms with Gasteiger partial charge in [0.1, 0.15) is 5.75 Å².